The maximum atomic E-state index is 13.0. The molecular formula is C22H25N3OS. The second-order valence-corrected chi connectivity index (χ2v) is 9.40. The molecule has 0 atom stereocenters. The number of aryl methyl sites for hydroxylation is 2. The summed E-state index contributed by atoms with van der Waals surface area (Å²) in [6, 6.07) is 9.09. The number of hydrogen-bond donors (Lipinski definition) is 1. The zero-order valence-electron chi connectivity index (χ0n) is 15.9. The summed E-state index contributed by atoms with van der Waals surface area (Å²) >= 11 is 1.63. The third-order valence-electron chi connectivity index (χ3n) is 5.73. The standard InChI is InChI=1S/C22H25N3OS/c1-13-3-7-16(8-4-13)19-14(2)27-22-20(19)21(26)23-18(24-22)12-25(17-9-10-17)11-15-5-6-15/h3-4,7-8,15,17H,5-6,9-12H2,1-2H3,(H,23,24,26). The molecule has 2 heterocycles. The first-order chi connectivity index (χ1) is 13.1. The molecule has 1 N–H and O–H groups in total. The smallest absolute Gasteiger partial charge is 0.260 e. The first-order valence-electron chi connectivity index (χ1n) is 9.92. The van der Waals surface area contributed by atoms with Gasteiger partial charge in [-0.1, -0.05) is 29.8 Å². The topological polar surface area (TPSA) is 49.0 Å². The van der Waals surface area contributed by atoms with Crippen LogP contribution in [0.25, 0.3) is 21.3 Å². The van der Waals surface area contributed by atoms with Crippen LogP contribution in [0.15, 0.2) is 29.1 Å². The molecule has 0 amide bonds. The van der Waals surface area contributed by atoms with Gasteiger partial charge < -0.3 is 4.98 Å². The molecule has 2 aliphatic rings. The predicted molar refractivity (Wildman–Crippen MR) is 111 cm³/mol. The van der Waals surface area contributed by atoms with E-state index in [9.17, 15) is 4.79 Å². The number of H-pyrrole nitrogens is 1. The van der Waals surface area contributed by atoms with Gasteiger partial charge in [-0.25, -0.2) is 4.98 Å². The molecule has 5 rings (SSSR count). The largest absolute Gasteiger partial charge is 0.309 e. The summed E-state index contributed by atoms with van der Waals surface area (Å²) in [6.07, 6.45) is 5.29. The van der Waals surface area contributed by atoms with Gasteiger partial charge in [0.1, 0.15) is 10.7 Å². The summed E-state index contributed by atoms with van der Waals surface area (Å²) in [5.74, 6) is 1.68. The fraction of sp³-hybridized carbons (Fsp3) is 0.455. The van der Waals surface area contributed by atoms with Crippen LogP contribution in [-0.2, 0) is 6.54 Å². The molecule has 3 aromatic rings. The van der Waals surface area contributed by atoms with Gasteiger partial charge in [-0.2, -0.15) is 0 Å². The first kappa shape index (κ1) is 17.1. The summed E-state index contributed by atoms with van der Waals surface area (Å²) in [4.78, 5) is 25.5. The average molecular weight is 380 g/mol. The second-order valence-electron chi connectivity index (χ2n) is 8.20. The van der Waals surface area contributed by atoms with Crippen molar-refractivity contribution in [1.29, 1.82) is 0 Å². The summed E-state index contributed by atoms with van der Waals surface area (Å²) in [7, 11) is 0. The Morgan fingerprint density at radius 2 is 1.89 bits per heavy atom. The lowest BCUT2D eigenvalue weighted by atomic mass is 10.0. The normalized spacial score (nSPS) is 17.1. The molecule has 2 aromatic heterocycles. The molecule has 5 heteroatoms. The van der Waals surface area contributed by atoms with E-state index in [4.69, 9.17) is 4.98 Å². The Balaban J connectivity index is 1.52. The Hall–Kier alpha value is -1.98. The van der Waals surface area contributed by atoms with Crippen LogP contribution in [0, 0.1) is 19.8 Å². The number of benzene rings is 1. The van der Waals surface area contributed by atoms with Crippen molar-refractivity contribution in [2.75, 3.05) is 6.54 Å². The SMILES string of the molecule is Cc1ccc(-c2c(C)sc3nc(CN(CC4CC4)C4CC4)[nH]c(=O)c23)cc1. The van der Waals surface area contributed by atoms with E-state index in [2.05, 4.69) is 48.0 Å². The van der Waals surface area contributed by atoms with Crippen LogP contribution in [0.3, 0.4) is 0 Å². The van der Waals surface area contributed by atoms with Crippen LogP contribution in [-0.4, -0.2) is 27.5 Å². The summed E-state index contributed by atoms with van der Waals surface area (Å²) < 4.78 is 0. The van der Waals surface area contributed by atoms with Crippen LogP contribution in [0.2, 0.25) is 0 Å². The van der Waals surface area contributed by atoms with Crippen LogP contribution < -0.4 is 5.56 Å². The maximum absolute atomic E-state index is 13.0. The van der Waals surface area contributed by atoms with Gasteiger partial charge in [-0.15, -0.1) is 11.3 Å². The quantitative estimate of drug-likeness (QED) is 0.679. The van der Waals surface area contributed by atoms with Crippen molar-refractivity contribution < 1.29 is 0 Å². The highest BCUT2D eigenvalue weighted by Gasteiger charge is 2.34. The van der Waals surface area contributed by atoms with Gasteiger partial charge in [0.25, 0.3) is 5.56 Å². The molecule has 2 fully saturated rings. The number of nitrogens with zero attached hydrogens (tertiary/aromatic N) is 2. The van der Waals surface area contributed by atoms with Gasteiger partial charge in [-0.3, -0.25) is 9.69 Å². The van der Waals surface area contributed by atoms with E-state index < -0.39 is 0 Å². The predicted octanol–water partition coefficient (Wildman–Crippen LogP) is 4.64. The van der Waals surface area contributed by atoms with Gasteiger partial charge in [0.05, 0.1) is 11.9 Å². The molecule has 1 aromatic carbocycles. The van der Waals surface area contributed by atoms with Gasteiger partial charge >= 0.3 is 0 Å². The lowest BCUT2D eigenvalue weighted by Crippen LogP contribution is -2.29. The van der Waals surface area contributed by atoms with Crippen molar-refractivity contribution in [3.63, 3.8) is 0 Å². The molecule has 140 valence electrons. The molecule has 4 nitrogen and oxygen atoms in total. The Morgan fingerprint density at radius 3 is 2.56 bits per heavy atom. The molecule has 0 radical (unpaired) electrons. The molecule has 2 saturated carbocycles. The fourth-order valence-corrected chi connectivity index (χ4v) is 4.98. The monoisotopic (exact) mass is 379 g/mol. The maximum Gasteiger partial charge on any atom is 0.260 e. The zero-order chi connectivity index (χ0) is 18.5. The van der Waals surface area contributed by atoms with Crippen LogP contribution >= 0.6 is 11.3 Å². The van der Waals surface area contributed by atoms with E-state index in [-0.39, 0.29) is 5.56 Å². The molecule has 0 aliphatic heterocycles. The number of nitrogens with one attached hydrogen (secondary N) is 1. The third kappa shape index (κ3) is 3.46. The van der Waals surface area contributed by atoms with Crippen molar-refractivity contribution in [3.05, 3.63) is 50.9 Å². The van der Waals surface area contributed by atoms with E-state index in [0.717, 1.165) is 51.1 Å². The number of fused-ring (bicyclic) bond motifs is 1. The molecule has 0 saturated heterocycles. The van der Waals surface area contributed by atoms with Crippen molar-refractivity contribution in [2.45, 2.75) is 52.1 Å². The molecular weight excluding hydrogens is 354 g/mol. The average Bonchev–Trinajstić information content (AvgIpc) is 3.53. The fourth-order valence-electron chi connectivity index (χ4n) is 3.91. The number of thiophene rings is 1. The summed E-state index contributed by atoms with van der Waals surface area (Å²) in [5, 5.41) is 0.741. The highest BCUT2D eigenvalue weighted by Crippen LogP contribution is 2.37. The van der Waals surface area contributed by atoms with Gasteiger partial charge in [0.2, 0.25) is 0 Å². The van der Waals surface area contributed by atoms with Crippen LogP contribution in [0.4, 0.5) is 0 Å². The van der Waals surface area contributed by atoms with Crippen molar-refractivity contribution in [2.24, 2.45) is 5.92 Å². The van der Waals surface area contributed by atoms with Crippen molar-refractivity contribution in [1.82, 2.24) is 14.9 Å². The number of aromatic nitrogens is 2. The minimum atomic E-state index is -0.00269. The molecule has 0 bridgehead atoms. The highest BCUT2D eigenvalue weighted by molar-refractivity contribution is 7.19. The minimum Gasteiger partial charge on any atom is -0.309 e. The summed E-state index contributed by atoms with van der Waals surface area (Å²) in [6.45, 7) is 6.09. The van der Waals surface area contributed by atoms with E-state index in [0.29, 0.717) is 6.04 Å². The molecule has 0 spiro atoms. The molecule has 0 unspecified atom stereocenters. The van der Waals surface area contributed by atoms with E-state index in [1.54, 1.807) is 11.3 Å². The Bertz CT molecular complexity index is 1040. The Labute approximate surface area is 163 Å². The summed E-state index contributed by atoms with van der Waals surface area (Å²) in [5.41, 5.74) is 3.35. The second kappa shape index (κ2) is 6.57. The van der Waals surface area contributed by atoms with Gasteiger partial charge in [-0.05, 0) is 51.0 Å². The van der Waals surface area contributed by atoms with Crippen LogP contribution in [0.5, 0.6) is 0 Å². The lowest BCUT2D eigenvalue weighted by molar-refractivity contribution is 0.238. The van der Waals surface area contributed by atoms with Gasteiger partial charge in [0.15, 0.2) is 0 Å². The minimum absolute atomic E-state index is 0.00269. The Kier molecular flexibility index (Phi) is 4.17. The third-order valence-corrected chi connectivity index (χ3v) is 6.73. The number of aromatic amines is 1. The van der Waals surface area contributed by atoms with E-state index in [1.807, 2.05) is 0 Å². The van der Waals surface area contributed by atoms with E-state index in [1.165, 1.54) is 31.2 Å². The first-order valence-corrected chi connectivity index (χ1v) is 10.7. The van der Waals surface area contributed by atoms with E-state index >= 15 is 0 Å². The Morgan fingerprint density at radius 1 is 1.15 bits per heavy atom. The highest BCUT2D eigenvalue weighted by atomic mass is 32.1. The molecule has 2 aliphatic carbocycles. The zero-order valence-corrected chi connectivity index (χ0v) is 16.7. The lowest BCUT2D eigenvalue weighted by Gasteiger charge is -2.21. The van der Waals surface area contributed by atoms with Crippen molar-refractivity contribution >= 4 is 21.6 Å². The van der Waals surface area contributed by atoms with Crippen molar-refractivity contribution in [3.8, 4) is 11.1 Å². The number of hydrogen-bond acceptors (Lipinski definition) is 4. The number of rotatable bonds is 6. The molecule has 27 heavy (non-hydrogen) atoms. The van der Waals surface area contributed by atoms with Crippen LogP contribution in [0.1, 0.15) is 41.9 Å². The van der Waals surface area contributed by atoms with Gasteiger partial charge in [0, 0.05) is 23.0 Å².